The van der Waals surface area contributed by atoms with Gasteiger partial charge in [-0.2, -0.15) is 0 Å². The van der Waals surface area contributed by atoms with E-state index in [0.717, 1.165) is 23.4 Å². The molecule has 2 unspecified atom stereocenters. The third-order valence-corrected chi connectivity index (χ3v) is 8.91. The van der Waals surface area contributed by atoms with Crippen LogP contribution in [0.3, 0.4) is 0 Å². The lowest BCUT2D eigenvalue weighted by molar-refractivity contribution is 0.650. The Kier molecular flexibility index (Phi) is 6.90. The van der Waals surface area contributed by atoms with Gasteiger partial charge in [0.2, 0.25) is 0 Å². The van der Waals surface area contributed by atoms with Gasteiger partial charge in [0.15, 0.2) is 0 Å². The highest BCUT2D eigenvalue weighted by molar-refractivity contribution is 6.09. The summed E-state index contributed by atoms with van der Waals surface area (Å²) in [6, 6.07) is 51.7. The fourth-order valence-corrected chi connectivity index (χ4v) is 6.77. The molecule has 0 amide bonds. The van der Waals surface area contributed by atoms with Crippen LogP contribution in [-0.2, 0) is 6.42 Å². The standard InChI is InChI=1S/C41H34N4/c42-41(29-22-23-40-37(27-29)36-19-9-11-21-39(36)45(40)31-13-2-1-3-14-31)43-25-24-30-26-28-12-4-5-15-32(28)33-16-6-7-17-34(33)35-18-8-10-20-38(35)44-30/h1-25,27,30,41,43-44H,26,42H2/b25-24-. The lowest BCUT2D eigenvalue weighted by Crippen LogP contribution is -2.26. The predicted octanol–water partition coefficient (Wildman–Crippen LogP) is 9.22. The number of benzene rings is 6. The van der Waals surface area contributed by atoms with Crippen molar-refractivity contribution in [3.05, 3.63) is 169 Å². The van der Waals surface area contributed by atoms with Crippen molar-refractivity contribution in [2.75, 3.05) is 5.32 Å². The highest BCUT2D eigenvalue weighted by Gasteiger charge is 2.19. The second-order valence-corrected chi connectivity index (χ2v) is 11.7. The Morgan fingerprint density at radius 3 is 2.13 bits per heavy atom. The molecule has 0 saturated heterocycles. The van der Waals surface area contributed by atoms with E-state index in [-0.39, 0.29) is 12.2 Å². The number of rotatable bonds is 5. The van der Waals surface area contributed by atoms with E-state index in [9.17, 15) is 0 Å². The molecule has 4 N–H and O–H groups in total. The van der Waals surface area contributed by atoms with Gasteiger partial charge in [-0.3, -0.25) is 0 Å². The van der Waals surface area contributed by atoms with Crippen LogP contribution in [0.25, 0.3) is 49.7 Å². The van der Waals surface area contributed by atoms with Crippen molar-refractivity contribution in [3.8, 4) is 27.9 Å². The molecule has 1 aliphatic heterocycles. The van der Waals surface area contributed by atoms with Gasteiger partial charge in [0.1, 0.15) is 6.17 Å². The molecule has 0 saturated carbocycles. The van der Waals surface area contributed by atoms with Gasteiger partial charge in [0.25, 0.3) is 0 Å². The number of nitrogens with two attached hydrogens (primary N) is 1. The van der Waals surface area contributed by atoms with Crippen LogP contribution < -0.4 is 16.4 Å². The Bertz CT molecular complexity index is 2110. The highest BCUT2D eigenvalue weighted by atomic mass is 15.0. The minimum absolute atomic E-state index is 0.0626. The van der Waals surface area contributed by atoms with Gasteiger partial charge >= 0.3 is 0 Å². The van der Waals surface area contributed by atoms with Crippen LogP contribution in [-0.4, -0.2) is 10.6 Å². The van der Waals surface area contributed by atoms with E-state index in [0.29, 0.717) is 0 Å². The molecule has 4 heteroatoms. The fraction of sp³-hybridized carbons (Fsp3) is 0.0732. The van der Waals surface area contributed by atoms with Gasteiger partial charge in [0, 0.05) is 27.7 Å². The fourth-order valence-electron chi connectivity index (χ4n) is 6.77. The summed E-state index contributed by atoms with van der Waals surface area (Å²) in [4.78, 5) is 0. The minimum Gasteiger partial charge on any atom is -0.378 e. The first kappa shape index (κ1) is 27.0. The zero-order valence-electron chi connectivity index (χ0n) is 24.9. The smallest absolute Gasteiger partial charge is 0.100 e. The maximum absolute atomic E-state index is 6.77. The first-order chi connectivity index (χ1) is 22.2. The summed E-state index contributed by atoms with van der Waals surface area (Å²) in [6.07, 6.45) is 4.70. The zero-order valence-corrected chi connectivity index (χ0v) is 24.9. The second kappa shape index (κ2) is 11.5. The van der Waals surface area contributed by atoms with Crippen LogP contribution >= 0.6 is 0 Å². The van der Waals surface area contributed by atoms with Gasteiger partial charge in [-0.1, -0.05) is 109 Å². The Morgan fingerprint density at radius 2 is 1.29 bits per heavy atom. The average molecular weight is 583 g/mol. The topological polar surface area (TPSA) is 55.0 Å². The quantitative estimate of drug-likeness (QED) is 0.177. The normalized spacial score (nSPS) is 14.9. The summed E-state index contributed by atoms with van der Waals surface area (Å²) >= 11 is 0. The molecule has 0 bridgehead atoms. The largest absolute Gasteiger partial charge is 0.378 e. The van der Waals surface area contributed by atoms with Crippen LogP contribution in [0.2, 0.25) is 0 Å². The van der Waals surface area contributed by atoms with Crippen LogP contribution in [0.5, 0.6) is 0 Å². The van der Waals surface area contributed by atoms with Crippen molar-refractivity contribution in [2.45, 2.75) is 18.6 Å². The molecule has 2 heterocycles. The molecule has 1 aliphatic rings. The molecule has 7 aromatic rings. The van der Waals surface area contributed by atoms with Gasteiger partial charge < -0.3 is 20.9 Å². The lowest BCUT2D eigenvalue weighted by Gasteiger charge is -2.19. The lowest BCUT2D eigenvalue weighted by atomic mass is 9.90. The van der Waals surface area contributed by atoms with Crippen molar-refractivity contribution in [1.82, 2.24) is 9.88 Å². The highest BCUT2D eigenvalue weighted by Crippen LogP contribution is 2.39. The Morgan fingerprint density at radius 1 is 0.644 bits per heavy atom. The van der Waals surface area contributed by atoms with E-state index in [4.69, 9.17) is 5.73 Å². The summed E-state index contributed by atoms with van der Waals surface area (Å²) in [5, 5.41) is 9.70. The Balaban J connectivity index is 1.10. The van der Waals surface area contributed by atoms with Crippen LogP contribution in [0, 0.1) is 0 Å². The van der Waals surface area contributed by atoms with Gasteiger partial charge in [-0.05, 0) is 82.9 Å². The zero-order chi connectivity index (χ0) is 30.2. The third-order valence-electron chi connectivity index (χ3n) is 8.91. The van der Waals surface area contributed by atoms with E-state index >= 15 is 0 Å². The van der Waals surface area contributed by atoms with Crippen LogP contribution in [0.15, 0.2) is 158 Å². The number of para-hydroxylation sites is 3. The first-order valence-corrected chi connectivity index (χ1v) is 15.5. The number of anilines is 1. The molecule has 0 fully saturated rings. The molecule has 2 atom stereocenters. The molecule has 6 aromatic carbocycles. The monoisotopic (exact) mass is 582 g/mol. The molecular weight excluding hydrogens is 548 g/mol. The molecule has 4 nitrogen and oxygen atoms in total. The summed E-state index contributed by atoms with van der Waals surface area (Å²) in [7, 11) is 0. The van der Waals surface area contributed by atoms with Gasteiger partial charge in [0.05, 0.1) is 17.1 Å². The van der Waals surface area contributed by atoms with Crippen molar-refractivity contribution >= 4 is 27.5 Å². The Labute approximate surface area is 263 Å². The molecular formula is C41H34N4. The number of hydrogen-bond acceptors (Lipinski definition) is 3. The number of hydrogen-bond donors (Lipinski definition) is 3. The molecule has 8 rings (SSSR count). The van der Waals surface area contributed by atoms with Gasteiger partial charge in [-0.15, -0.1) is 0 Å². The van der Waals surface area contributed by atoms with E-state index in [1.54, 1.807) is 0 Å². The number of nitrogens with zero attached hydrogens (tertiary/aromatic N) is 1. The molecule has 0 aliphatic carbocycles. The number of aromatic nitrogens is 1. The molecule has 0 spiro atoms. The minimum atomic E-state index is -0.357. The molecule has 0 radical (unpaired) electrons. The third kappa shape index (κ3) is 4.95. The Hall–Kier alpha value is -5.58. The second-order valence-electron chi connectivity index (χ2n) is 11.7. The molecule has 45 heavy (non-hydrogen) atoms. The summed E-state index contributed by atoms with van der Waals surface area (Å²) < 4.78 is 2.32. The van der Waals surface area contributed by atoms with Crippen LogP contribution in [0.1, 0.15) is 17.3 Å². The van der Waals surface area contributed by atoms with Crippen LogP contribution in [0.4, 0.5) is 5.69 Å². The average Bonchev–Trinajstić information content (AvgIpc) is 3.44. The maximum Gasteiger partial charge on any atom is 0.100 e. The summed E-state index contributed by atoms with van der Waals surface area (Å²) in [5.41, 5.74) is 18.7. The van der Waals surface area contributed by atoms with Crippen molar-refractivity contribution in [3.63, 3.8) is 0 Å². The van der Waals surface area contributed by atoms with E-state index < -0.39 is 0 Å². The maximum atomic E-state index is 6.77. The predicted molar refractivity (Wildman–Crippen MR) is 188 cm³/mol. The summed E-state index contributed by atoms with van der Waals surface area (Å²) in [6.45, 7) is 0. The van der Waals surface area contributed by atoms with E-state index in [2.05, 4.69) is 167 Å². The van der Waals surface area contributed by atoms with Crippen molar-refractivity contribution in [2.24, 2.45) is 5.73 Å². The number of fused-ring (bicyclic) bond motifs is 8. The number of nitrogens with one attached hydrogen (secondary N) is 2. The van der Waals surface area contributed by atoms with E-state index in [1.165, 1.54) is 49.6 Å². The van der Waals surface area contributed by atoms with Gasteiger partial charge in [-0.25, -0.2) is 0 Å². The SMILES string of the molecule is NC(N/C=C\C1Cc2ccccc2-c2ccccc2-c2ccccc2N1)c1ccc2c(c1)c1ccccc1n2-c1ccccc1. The molecule has 1 aromatic heterocycles. The molecule has 218 valence electrons. The first-order valence-electron chi connectivity index (χ1n) is 15.5. The van der Waals surface area contributed by atoms with E-state index in [1.807, 2.05) is 6.20 Å². The summed E-state index contributed by atoms with van der Waals surface area (Å²) in [5.74, 6) is 0. The van der Waals surface area contributed by atoms with Crippen molar-refractivity contribution < 1.29 is 0 Å². The van der Waals surface area contributed by atoms with Crippen molar-refractivity contribution in [1.29, 1.82) is 0 Å².